The van der Waals surface area contributed by atoms with Crippen molar-refractivity contribution in [3.05, 3.63) is 35.4 Å². The summed E-state index contributed by atoms with van der Waals surface area (Å²) in [6.45, 7) is 1.89. The van der Waals surface area contributed by atoms with E-state index in [1.54, 1.807) is 18.2 Å². The fraction of sp³-hybridized carbons (Fsp3) is 0.125. The smallest absolute Gasteiger partial charge is 0.343 e. The molecular formula is C8H7ClO2. The maximum absolute atomic E-state index is 10.8. The molecule has 2 nitrogen and oxygen atoms in total. The first-order valence-electron chi connectivity index (χ1n) is 3.13. The minimum absolute atomic E-state index is 0.472. The van der Waals surface area contributed by atoms with Gasteiger partial charge in [0.05, 0.1) is 5.56 Å². The second-order valence-corrected chi connectivity index (χ2v) is 2.39. The Morgan fingerprint density at radius 1 is 1.55 bits per heavy atom. The lowest BCUT2D eigenvalue weighted by Crippen LogP contribution is -1.97. The molecule has 0 atom stereocenters. The fourth-order valence-electron chi connectivity index (χ4n) is 0.817. The zero-order chi connectivity index (χ0) is 8.27. The van der Waals surface area contributed by atoms with Crippen molar-refractivity contribution in [1.29, 1.82) is 0 Å². The van der Waals surface area contributed by atoms with E-state index >= 15 is 0 Å². The Labute approximate surface area is 69.9 Å². The van der Waals surface area contributed by atoms with E-state index < -0.39 is 5.97 Å². The van der Waals surface area contributed by atoms with Crippen LogP contribution in [0.25, 0.3) is 0 Å². The number of carbonyl (C=O) groups is 1. The highest BCUT2D eigenvalue weighted by Gasteiger charge is 2.04. The maximum atomic E-state index is 10.8. The van der Waals surface area contributed by atoms with Crippen molar-refractivity contribution in [2.24, 2.45) is 0 Å². The van der Waals surface area contributed by atoms with Crippen LogP contribution in [0.1, 0.15) is 15.9 Å². The monoisotopic (exact) mass is 170 g/mol. The molecule has 0 aliphatic rings. The Bertz CT molecular complexity index is 271. The summed E-state index contributed by atoms with van der Waals surface area (Å²) in [7, 11) is 0. The van der Waals surface area contributed by atoms with Crippen molar-refractivity contribution in [2.75, 3.05) is 0 Å². The molecule has 0 heterocycles. The van der Waals surface area contributed by atoms with Gasteiger partial charge in [-0.2, -0.15) is 0 Å². The van der Waals surface area contributed by atoms with E-state index in [-0.39, 0.29) is 0 Å². The van der Waals surface area contributed by atoms with Gasteiger partial charge in [0.25, 0.3) is 0 Å². The van der Waals surface area contributed by atoms with Gasteiger partial charge in [0, 0.05) is 0 Å². The lowest BCUT2D eigenvalue weighted by atomic mass is 10.1. The number of hydrogen-bond donors (Lipinski definition) is 0. The SMILES string of the molecule is Cc1cccc(C(=O)OCl)c1. The first-order valence-corrected chi connectivity index (χ1v) is 3.44. The highest BCUT2D eigenvalue weighted by Crippen LogP contribution is 2.05. The maximum Gasteiger partial charge on any atom is 0.356 e. The van der Waals surface area contributed by atoms with Gasteiger partial charge in [-0.05, 0) is 19.1 Å². The van der Waals surface area contributed by atoms with Crippen LogP contribution in [0.4, 0.5) is 0 Å². The van der Waals surface area contributed by atoms with Crippen LogP contribution in [0, 0.1) is 6.92 Å². The Morgan fingerprint density at radius 3 is 2.82 bits per heavy atom. The van der Waals surface area contributed by atoms with Crippen LogP contribution < -0.4 is 0 Å². The Morgan fingerprint density at radius 2 is 2.27 bits per heavy atom. The molecule has 1 rings (SSSR count). The second-order valence-electron chi connectivity index (χ2n) is 2.23. The van der Waals surface area contributed by atoms with Crippen LogP contribution in [-0.4, -0.2) is 5.97 Å². The summed E-state index contributed by atoms with van der Waals surface area (Å²) in [5, 5.41) is 0. The molecule has 0 bridgehead atoms. The van der Waals surface area contributed by atoms with Gasteiger partial charge in [-0.15, -0.1) is 0 Å². The van der Waals surface area contributed by atoms with Gasteiger partial charge in [0.2, 0.25) is 0 Å². The fourth-order valence-corrected chi connectivity index (χ4v) is 0.906. The molecular weight excluding hydrogens is 164 g/mol. The summed E-state index contributed by atoms with van der Waals surface area (Å²) in [5.41, 5.74) is 1.48. The van der Waals surface area contributed by atoms with Gasteiger partial charge in [-0.25, -0.2) is 4.79 Å². The first-order chi connectivity index (χ1) is 5.24. The number of benzene rings is 1. The van der Waals surface area contributed by atoms with Crippen molar-refractivity contribution < 1.29 is 9.08 Å². The minimum atomic E-state index is -0.518. The molecule has 0 aliphatic heterocycles. The lowest BCUT2D eigenvalue weighted by molar-refractivity contribution is 0.0751. The van der Waals surface area contributed by atoms with Gasteiger partial charge in [-0.1, -0.05) is 17.7 Å². The molecule has 0 saturated carbocycles. The van der Waals surface area contributed by atoms with Crippen LogP contribution in [0.5, 0.6) is 0 Å². The third kappa shape index (κ3) is 1.95. The van der Waals surface area contributed by atoms with Crippen LogP contribution >= 0.6 is 11.9 Å². The number of rotatable bonds is 1. The summed E-state index contributed by atoms with van der Waals surface area (Å²) in [6.07, 6.45) is 0. The number of hydrogen-bond acceptors (Lipinski definition) is 2. The summed E-state index contributed by atoms with van der Waals surface area (Å²) >= 11 is 4.89. The normalized spacial score (nSPS) is 9.27. The summed E-state index contributed by atoms with van der Waals surface area (Å²) in [6, 6.07) is 7.03. The van der Waals surface area contributed by atoms with E-state index in [4.69, 9.17) is 11.9 Å². The average Bonchev–Trinajstić information content (AvgIpc) is 2.03. The lowest BCUT2D eigenvalue weighted by Gasteiger charge is -1.96. The van der Waals surface area contributed by atoms with E-state index in [1.165, 1.54) is 0 Å². The third-order valence-corrected chi connectivity index (χ3v) is 1.46. The molecule has 1 aromatic carbocycles. The number of carbonyl (C=O) groups excluding carboxylic acids is 1. The molecule has 0 aromatic heterocycles. The highest BCUT2D eigenvalue weighted by atomic mass is 35.5. The topological polar surface area (TPSA) is 26.3 Å². The van der Waals surface area contributed by atoms with E-state index in [1.807, 2.05) is 13.0 Å². The zero-order valence-electron chi connectivity index (χ0n) is 6.00. The van der Waals surface area contributed by atoms with Gasteiger partial charge in [0.1, 0.15) is 11.9 Å². The predicted octanol–water partition coefficient (Wildman–Crippen LogP) is 2.31. The summed E-state index contributed by atoms with van der Waals surface area (Å²) < 4.78 is 4.02. The quantitative estimate of drug-likeness (QED) is 0.647. The van der Waals surface area contributed by atoms with E-state index in [9.17, 15) is 4.79 Å². The number of aryl methyl sites for hydroxylation is 1. The minimum Gasteiger partial charge on any atom is -0.343 e. The average molecular weight is 171 g/mol. The molecule has 0 spiro atoms. The first kappa shape index (κ1) is 8.08. The molecule has 0 aliphatic carbocycles. The second kappa shape index (κ2) is 3.39. The molecule has 0 radical (unpaired) electrons. The van der Waals surface area contributed by atoms with Gasteiger partial charge in [0.15, 0.2) is 0 Å². The number of halogens is 1. The Hall–Kier alpha value is -1.02. The van der Waals surface area contributed by atoms with Gasteiger partial charge >= 0.3 is 5.97 Å². The van der Waals surface area contributed by atoms with Crippen molar-refractivity contribution in [3.63, 3.8) is 0 Å². The zero-order valence-corrected chi connectivity index (χ0v) is 6.76. The molecule has 0 fully saturated rings. The molecule has 0 amide bonds. The van der Waals surface area contributed by atoms with Crippen LogP contribution in [0.15, 0.2) is 24.3 Å². The molecule has 0 saturated heterocycles. The third-order valence-electron chi connectivity index (χ3n) is 1.32. The predicted molar refractivity (Wildman–Crippen MR) is 42.4 cm³/mol. The molecule has 58 valence electrons. The molecule has 0 N–H and O–H groups in total. The molecule has 1 aromatic rings. The van der Waals surface area contributed by atoms with Crippen LogP contribution in [-0.2, 0) is 4.29 Å². The van der Waals surface area contributed by atoms with E-state index in [0.29, 0.717) is 5.56 Å². The molecule has 11 heavy (non-hydrogen) atoms. The van der Waals surface area contributed by atoms with Crippen LogP contribution in [0.2, 0.25) is 0 Å². The highest BCUT2D eigenvalue weighted by molar-refractivity contribution is 6.15. The summed E-state index contributed by atoms with van der Waals surface area (Å²) in [4.78, 5) is 10.8. The Balaban J connectivity index is 2.96. The molecule has 3 heteroatoms. The van der Waals surface area contributed by atoms with Gasteiger partial charge in [-0.3, -0.25) is 0 Å². The summed E-state index contributed by atoms with van der Waals surface area (Å²) in [5.74, 6) is -0.518. The van der Waals surface area contributed by atoms with Crippen molar-refractivity contribution in [3.8, 4) is 0 Å². The van der Waals surface area contributed by atoms with Gasteiger partial charge < -0.3 is 4.29 Å². The molecule has 0 unspecified atom stereocenters. The van der Waals surface area contributed by atoms with Crippen molar-refractivity contribution in [2.45, 2.75) is 6.92 Å². The van der Waals surface area contributed by atoms with E-state index in [2.05, 4.69) is 4.29 Å². The largest absolute Gasteiger partial charge is 0.356 e. The van der Waals surface area contributed by atoms with Crippen molar-refractivity contribution >= 4 is 17.8 Å². The van der Waals surface area contributed by atoms with Crippen molar-refractivity contribution in [1.82, 2.24) is 0 Å². The Kier molecular flexibility index (Phi) is 2.49. The van der Waals surface area contributed by atoms with E-state index in [0.717, 1.165) is 5.56 Å². The van der Waals surface area contributed by atoms with Crippen LogP contribution in [0.3, 0.4) is 0 Å². The standard InChI is InChI=1S/C8H7ClO2/c1-6-3-2-4-7(5-6)8(10)11-9/h2-5H,1H3.